The van der Waals surface area contributed by atoms with Crippen LogP contribution in [-0.2, 0) is 0 Å². The molecule has 18 heavy (non-hydrogen) atoms. The summed E-state index contributed by atoms with van der Waals surface area (Å²) in [6, 6.07) is 1.54. The van der Waals surface area contributed by atoms with Crippen molar-refractivity contribution >= 4 is 45.3 Å². The van der Waals surface area contributed by atoms with Crippen LogP contribution in [0.1, 0.15) is 0 Å². The highest BCUT2D eigenvalue weighted by Gasteiger charge is 2.14. The van der Waals surface area contributed by atoms with E-state index in [1.807, 2.05) is 0 Å². The quantitative estimate of drug-likeness (QED) is 0.365. The van der Waals surface area contributed by atoms with Crippen LogP contribution >= 0.6 is 23.4 Å². The fraction of sp³-hybridized carbons (Fsp3) is 0.100. The molecule has 0 atom stereocenters. The van der Waals surface area contributed by atoms with Crippen molar-refractivity contribution in [1.82, 2.24) is 15.3 Å². The van der Waals surface area contributed by atoms with Gasteiger partial charge in [0.15, 0.2) is 17.2 Å². The van der Waals surface area contributed by atoms with Gasteiger partial charge >= 0.3 is 0 Å². The number of hydrogen-bond donors (Lipinski definition) is 2. The lowest BCUT2D eigenvalue weighted by Crippen LogP contribution is -2.12. The molecule has 0 fully saturated rings. The zero-order valence-electron chi connectivity index (χ0n) is 9.16. The van der Waals surface area contributed by atoms with E-state index < -0.39 is 5.82 Å². The summed E-state index contributed by atoms with van der Waals surface area (Å²) < 4.78 is 14.1. The van der Waals surface area contributed by atoms with Gasteiger partial charge < -0.3 is 4.98 Å². The number of nitriles is 1. The Bertz CT molecular complexity index is 660. The molecule has 0 saturated carbocycles. The summed E-state index contributed by atoms with van der Waals surface area (Å²) in [5.74, 6) is -0.620. The van der Waals surface area contributed by atoms with Crippen molar-refractivity contribution in [1.29, 1.82) is 5.26 Å². The predicted octanol–water partition coefficient (Wildman–Crippen LogP) is 2.78. The average molecular weight is 284 g/mol. The largest absolute Gasteiger partial charge is 0.344 e. The molecule has 0 saturated heterocycles. The summed E-state index contributed by atoms with van der Waals surface area (Å²) in [5.41, 5.74) is 0.620. The molecule has 2 rings (SSSR count). The van der Waals surface area contributed by atoms with E-state index >= 15 is 0 Å². The highest BCUT2D eigenvalue weighted by atomic mass is 35.5. The van der Waals surface area contributed by atoms with Crippen molar-refractivity contribution in [3.63, 3.8) is 0 Å². The topological polar surface area (TPSA) is 76.9 Å². The van der Waals surface area contributed by atoms with Crippen molar-refractivity contribution in [3.8, 4) is 6.19 Å². The zero-order valence-corrected chi connectivity index (χ0v) is 10.7. The van der Waals surface area contributed by atoms with E-state index in [-0.39, 0.29) is 21.4 Å². The third-order valence-corrected chi connectivity index (χ3v) is 3.02. The van der Waals surface area contributed by atoms with Crippen LogP contribution in [0.2, 0.25) is 5.02 Å². The number of halogens is 2. The Morgan fingerprint density at radius 2 is 2.50 bits per heavy atom. The Labute approximate surface area is 111 Å². The number of imidazole rings is 1. The highest BCUT2D eigenvalue weighted by molar-refractivity contribution is 8.13. The maximum absolute atomic E-state index is 14.1. The van der Waals surface area contributed by atoms with Crippen LogP contribution < -0.4 is 5.32 Å². The Balaban J connectivity index is 2.60. The van der Waals surface area contributed by atoms with E-state index in [0.29, 0.717) is 5.52 Å². The molecule has 0 bridgehead atoms. The summed E-state index contributed by atoms with van der Waals surface area (Å²) in [7, 11) is 0. The van der Waals surface area contributed by atoms with Crippen molar-refractivity contribution in [2.45, 2.75) is 0 Å². The molecule has 8 heteroatoms. The number of fused-ring (bicyclic) bond motifs is 1. The van der Waals surface area contributed by atoms with E-state index in [4.69, 9.17) is 16.9 Å². The second kappa shape index (κ2) is 5.25. The molecule has 0 amide bonds. The van der Waals surface area contributed by atoms with Crippen LogP contribution in [0.25, 0.3) is 11.0 Å². The van der Waals surface area contributed by atoms with Gasteiger partial charge in [0.25, 0.3) is 0 Å². The summed E-state index contributed by atoms with van der Waals surface area (Å²) in [5, 5.41) is 11.3. The molecule has 0 unspecified atom stereocenters. The second-order valence-electron chi connectivity index (χ2n) is 3.18. The lowest BCUT2D eigenvalue weighted by atomic mass is 10.2. The summed E-state index contributed by atoms with van der Waals surface area (Å²) in [6.45, 7) is 0. The number of H-pyrrole nitrogens is 1. The molecule has 5 nitrogen and oxygen atoms in total. The Hall–Kier alpha value is -1.78. The van der Waals surface area contributed by atoms with E-state index in [2.05, 4.69) is 20.3 Å². The lowest BCUT2D eigenvalue weighted by Gasteiger charge is -2.04. The number of hydrogen-bond acceptors (Lipinski definition) is 4. The first-order valence-corrected chi connectivity index (χ1v) is 6.36. The van der Waals surface area contributed by atoms with Crippen LogP contribution in [-0.4, -0.2) is 21.4 Å². The molecule has 0 spiro atoms. The van der Waals surface area contributed by atoms with Crippen molar-refractivity contribution in [3.05, 3.63) is 23.2 Å². The third-order valence-electron chi connectivity index (χ3n) is 2.15. The molecule has 1 aromatic heterocycles. The normalized spacial score (nSPS) is 11.6. The summed E-state index contributed by atoms with van der Waals surface area (Å²) in [4.78, 5) is 10.6. The van der Waals surface area contributed by atoms with Crippen molar-refractivity contribution in [2.75, 3.05) is 6.26 Å². The van der Waals surface area contributed by atoms with E-state index in [9.17, 15) is 4.39 Å². The highest BCUT2D eigenvalue weighted by Crippen LogP contribution is 2.33. The minimum atomic E-state index is -0.620. The van der Waals surface area contributed by atoms with E-state index in [1.54, 1.807) is 12.4 Å². The molecule has 0 aliphatic heterocycles. The number of benzene rings is 1. The number of nitrogens with zero attached hydrogens (tertiary/aromatic N) is 3. The van der Waals surface area contributed by atoms with Crippen LogP contribution in [0.5, 0.6) is 0 Å². The van der Waals surface area contributed by atoms with Crippen LogP contribution in [0.15, 0.2) is 17.4 Å². The van der Waals surface area contributed by atoms with Gasteiger partial charge in [0, 0.05) is 0 Å². The molecule has 92 valence electrons. The SMILES string of the molecule is CSC(=Nc1c(Cl)cc2[nH]cnc2c1F)NC#N. The standard InChI is InChI=1S/C10H7ClFN5S/c1-18-10(14-3-13)17-8-5(11)2-6-9(7(8)12)16-4-15-6/h2,4H,1H3,(H,14,17)(H,15,16). The number of amidine groups is 1. The van der Waals surface area contributed by atoms with Gasteiger partial charge in [0.2, 0.25) is 0 Å². The maximum atomic E-state index is 14.1. The molecule has 1 heterocycles. The number of aliphatic imine (C=N–C) groups is 1. The van der Waals surface area contributed by atoms with Gasteiger partial charge in [-0.25, -0.2) is 14.4 Å². The van der Waals surface area contributed by atoms with Gasteiger partial charge in [-0.05, 0) is 12.3 Å². The molecule has 0 aliphatic rings. The molecule has 2 aromatic rings. The Morgan fingerprint density at radius 1 is 1.72 bits per heavy atom. The van der Waals surface area contributed by atoms with Gasteiger partial charge in [0.05, 0.1) is 16.9 Å². The Morgan fingerprint density at radius 3 is 3.17 bits per heavy atom. The first-order chi connectivity index (χ1) is 8.67. The van der Waals surface area contributed by atoms with E-state index in [0.717, 1.165) is 0 Å². The molecular formula is C10H7ClFN5S. The van der Waals surface area contributed by atoms with Crippen LogP contribution in [0.3, 0.4) is 0 Å². The summed E-state index contributed by atoms with van der Waals surface area (Å²) in [6.07, 6.45) is 4.81. The number of nitrogens with one attached hydrogen (secondary N) is 2. The number of thioether (sulfide) groups is 1. The smallest absolute Gasteiger partial charge is 0.183 e. The molecule has 0 radical (unpaired) electrons. The molecule has 1 aromatic carbocycles. The summed E-state index contributed by atoms with van der Waals surface area (Å²) >= 11 is 7.13. The average Bonchev–Trinajstić information content (AvgIpc) is 2.81. The van der Waals surface area contributed by atoms with Gasteiger partial charge in [0.1, 0.15) is 11.2 Å². The fourth-order valence-electron chi connectivity index (χ4n) is 1.38. The van der Waals surface area contributed by atoms with Crippen molar-refractivity contribution in [2.24, 2.45) is 4.99 Å². The molecule has 2 N–H and O–H groups in total. The van der Waals surface area contributed by atoms with E-state index in [1.165, 1.54) is 24.2 Å². The number of aromatic nitrogens is 2. The van der Waals surface area contributed by atoms with Gasteiger partial charge in [-0.3, -0.25) is 5.32 Å². The van der Waals surface area contributed by atoms with Gasteiger partial charge in [-0.15, -0.1) is 0 Å². The minimum Gasteiger partial charge on any atom is -0.344 e. The first-order valence-electron chi connectivity index (χ1n) is 4.76. The second-order valence-corrected chi connectivity index (χ2v) is 4.38. The van der Waals surface area contributed by atoms with Gasteiger partial charge in [-0.1, -0.05) is 23.4 Å². The van der Waals surface area contributed by atoms with Crippen molar-refractivity contribution < 1.29 is 4.39 Å². The Kier molecular flexibility index (Phi) is 3.69. The predicted molar refractivity (Wildman–Crippen MR) is 70.4 cm³/mol. The first kappa shape index (κ1) is 12.7. The maximum Gasteiger partial charge on any atom is 0.183 e. The molecular weight excluding hydrogens is 277 g/mol. The number of aromatic amines is 1. The number of rotatable bonds is 1. The minimum absolute atomic E-state index is 0.0385. The molecule has 0 aliphatic carbocycles. The van der Waals surface area contributed by atoms with Crippen LogP contribution in [0.4, 0.5) is 10.1 Å². The van der Waals surface area contributed by atoms with Crippen LogP contribution in [0, 0.1) is 17.3 Å². The fourth-order valence-corrected chi connectivity index (χ4v) is 1.94. The monoisotopic (exact) mass is 283 g/mol. The zero-order chi connectivity index (χ0) is 13.1. The van der Waals surface area contributed by atoms with Gasteiger partial charge in [-0.2, -0.15) is 5.26 Å². The third kappa shape index (κ3) is 2.25. The lowest BCUT2D eigenvalue weighted by molar-refractivity contribution is 0.639.